The van der Waals surface area contributed by atoms with Crippen LogP contribution in [-0.2, 0) is 10.2 Å². The summed E-state index contributed by atoms with van der Waals surface area (Å²) in [4.78, 5) is 12.5. The number of phenols is 1. The molecule has 5 heteroatoms. The fourth-order valence-electron chi connectivity index (χ4n) is 3.16. The first-order valence-corrected chi connectivity index (χ1v) is 8.38. The molecule has 3 rings (SSSR count). The van der Waals surface area contributed by atoms with E-state index in [4.69, 9.17) is 16.3 Å². The summed E-state index contributed by atoms with van der Waals surface area (Å²) in [5, 5.41) is 13.3. The summed E-state index contributed by atoms with van der Waals surface area (Å²) in [7, 11) is 0. The van der Waals surface area contributed by atoms with Gasteiger partial charge in [0.2, 0.25) is 0 Å². The van der Waals surface area contributed by atoms with E-state index in [2.05, 4.69) is 17.4 Å². The molecule has 0 bridgehead atoms. The van der Waals surface area contributed by atoms with Crippen molar-refractivity contribution >= 4 is 17.5 Å². The molecule has 24 heavy (non-hydrogen) atoms. The number of aromatic hydroxyl groups is 1. The van der Waals surface area contributed by atoms with Crippen molar-refractivity contribution in [3.8, 4) is 5.75 Å². The van der Waals surface area contributed by atoms with Crippen LogP contribution in [0.4, 0.5) is 0 Å². The summed E-state index contributed by atoms with van der Waals surface area (Å²) in [6.45, 7) is 1.84. The highest BCUT2D eigenvalue weighted by Crippen LogP contribution is 2.34. The second-order valence-electron chi connectivity index (χ2n) is 6.10. The van der Waals surface area contributed by atoms with Crippen LogP contribution in [0.1, 0.15) is 28.8 Å². The maximum absolute atomic E-state index is 12.5. The Kier molecular flexibility index (Phi) is 5.07. The molecule has 0 unspecified atom stereocenters. The molecular formula is C19H20ClNO3. The predicted octanol–water partition coefficient (Wildman–Crippen LogP) is 3.52. The molecule has 2 N–H and O–H groups in total. The first-order chi connectivity index (χ1) is 11.6. The van der Waals surface area contributed by atoms with Crippen LogP contribution in [0.25, 0.3) is 0 Å². The molecule has 0 aliphatic carbocycles. The van der Waals surface area contributed by atoms with Crippen LogP contribution < -0.4 is 5.32 Å². The minimum atomic E-state index is -0.322. The largest absolute Gasteiger partial charge is 0.507 e. The Bertz CT molecular complexity index is 712. The van der Waals surface area contributed by atoms with Crippen LogP contribution in [0, 0.1) is 0 Å². The number of ether oxygens (including phenoxy) is 1. The number of carbonyl (C=O) groups excluding carboxylic acids is 1. The fraction of sp³-hybridized carbons (Fsp3) is 0.316. The number of hydrogen-bond donors (Lipinski definition) is 2. The van der Waals surface area contributed by atoms with Crippen molar-refractivity contribution < 1.29 is 14.6 Å². The molecule has 1 amide bonds. The zero-order valence-corrected chi connectivity index (χ0v) is 14.1. The molecule has 1 saturated heterocycles. The monoisotopic (exact) mass is 345 g/mol. The summed E-state index contributed by atoms with van der Waals surface area (Å²) in [6.07, 6.45) is 1.69. The third-order valence-corrected chi connectivity index (χ3v) is 4.86. The average molecular weight is 346 g/mol. The summed E-state index contributed by atoms with van der Waals surface area (Å²) < 4.78 is 5.50. The zero-order valence-electron chi connectivity index (χ0n) is 13.3. The van der Waals surface area contributed by atoms with Crippen LogP contribution in [0.15, 0.2) is 48.5 Å². The number of carbonyl (C=O) groups is 1. The van der Waals surface area contributed by atoms with Crippen molar-refractivity contribution in [3.05, 3.63) is 64.7 Å². The van der Waals surface area contributed by atoms with Gasteiger partial charge >= 0.3 is 0 Å². The molecule has 0 aromatic heterocycles. The summed E-state index contributed by atoms with van der Waals surface area (Å²) >= 11 is 5.93. The van der Waals surface area contributed by atoms with Crippen molar-refractivity contribution in [3.63, 3.8) is 0 Å². The van der Waals surface area contributed by atoms with Gasteiger partial charge in [-0.2, -0.15) is 0 Å². The lowest BCUT2D eigenvalue weighted by Crippen LogP contribution is -2.44. The van der Waals surface area contributed by atoms with Gasteiger partial charge in [0.15, 0.2) is 0 Å². The Morgan fingerprint density at radius 1 is 1.17 bits per heavy atom. The van der Waals surface area contributed by atoms with Gasteiger partial charge in [-0.3, -0.25) is 4.79 Å². The Morgan fingerprint density at radius 2 is 1.88 bits per heavy atom. The van der Waals surface area contributed by atoms with Gasteiger partial charge in [-0.25, -0.2) is 0 Å². The van der Waals surface area contributed by atoms with E-state index in [0.717, 1.165) is 12.8 Å². The maximum Gasteiger partial charge on any atom is 0.255 e. The Morgan fingerprint density at radius 3 is 2.58 bits per heavy atom. The molecule has 1 fully saturated rings. The van der Waals surface area contributed by atoms with Crippen molar-refractivity contribution in [1.82, 2.24) is 5.32 Å². The number of halogens is 1. The number of hydrogen-bond acceptors (Lipinski definition) is 3. The first kappa shape index (κ1) is 16.8. The van der Waals surface area contributed by atoms with Gasteiger partial charge in [0.1, 0.15) is 5.75 Å². The van der Waals surface area contributed by atoms with E-state index < -0.39 is 0 Å². The minimum Gasteiger partial charge on any atom is -0.507 e. The van der Waals surface area contributed by atoms with Crippen molar-refractivity contribution in [2.75, 3.05) is 19.8 Å². The van der Waals surface area contributed by atoms with E-state index in [-0.39, 0.29) is 22.6 Å². The summed E-state index contributed by atoms with van der Waals surface area (Å²) in [5.41, 5.74) is 1.24. The van der Waals surface area contributed by atoms with Gasteiger partial charge in [-0.15, -0.1) is 0 Å². The van der Waals surface area contributed by atoms with Gasteiger partial charge in [-0.05, 0) is 36.6 Å². The quantitative estimate of drug-likeness (QED) is 0.891. The topological polar surface area (TPSA) is 58.6 Å². The smallest absolute Gasteiger partial charge is 0.255 e. The standard InChI is InChI=1S/C19H20ClNO3/c20-15-6-7-17(22)16(12-15)18(23)21-13-19(8-10-24-11-9-19)14-4-2-1-3-5-14/h1-7,12,22H,8-11,13H2,(H,21,23). The highest BCUT2D eigenvalue weighted by Gasteiger charge is 2.34. The molecule has 0 saturated carbocycles. The molecule has 0 spiro atoms. The predicted molar refractivity (Wildman–Crippen MR) is 93.6 cm³/mol. The molecule has 2 aromatic carbocycles. The van der Waals surface area contributed by atoms with Crippen LogP contribution in [0.5, 0.6) is 5.75 Å². The lowest BCUT2D eigenvalue weighted by Gasteiger charge is -2.38. The van der Waals surface area contributed by atoms with E-state index in [1.54, 1.807) is 6.07 Å². The third-order valence-electron chi connectivity index (χ3n) is 4.63. The molecule has 1 heterocycles. The number of amides is 1. The van der Waals surface area contributed by atoms with E-state index in [1.165, 1.54) is 17.7 Å². The highest BCUT2D eigenvalue weighted by molar-refractivity contribution is 6.31. The molecule has 126 valence electrons. The zero-order chi connectivity index (χ0) is 17.0. The van der Waals surface area contributed by atoms with Crippen LogP contribution in [0.3, 0.4) is 0 Å². The Balaban J connectivity index is 1.79. The number of rotatable bonds is 4. The average Bonchev–Trinajstić information content (AvgIpc) is 2.63. The molecule has 4 nitrogen and oxygen atoms in total. The van der Waals surface area contributed by atoms with E-state index in [0.29, 0.717) is 24.8 Å². The van der Waals surface area contributed by atoms with E-state index >= 15 is 0 Å². The van der Waals surface area contributed by atoms with Crippen molar-refractivity contribution in [2.24, 2.45) is 0 Å². The molecule has 2 aromatic rings. The SMILES string of the molecule is O=C(NCC1(c2ccccc2)CCOCC1)c1cc(Cl)ccc1O. The van der Waals surface area contributed by atoms with Gasteiger partial charge in [0, 0.05) is 30.2 Å². The highest BCUT2D eigenvalue weighted by atomic mass is 35.5. The lowest BCUT2D eigenvalue weighted by atomic mass is 9.74. The molecule has 1 aliphatic rings. The van der Waals surface area contributed by atoms with Gasteiger partial charge in [0.05, 0.1) is 5.56 Å². The third kappa shape index (κ3) is 3.55. The molecule has 0 radical (unpaired) electrons. The van der Waals surface area contributed by atoms with Crippen molar-refractivity contribution in [1.29, 1.82) is 0 Å². The lowest BCUT2D eigenvalue weighted by molar-refractivity contribution is 0.0487. The van der Waals surface area contributed by atoms with Gasteiger partial charge in [0.25, 0.3) is 5.91 Å². The van der Waals surface area contributed by atoms with E-state index in [1.807, 2.05) is 18.2 Å². The molecule has 0 atom stereocenters. The maximum atomic E-state index is 12.5. The second kappa shape index (κ2) is 7.24. The summed E-state index contributed by atoms with van der Waals surface area (Å²) in [6, 6.07) is 14.7. The van der Waals surface area contributed by atoms with Crippen LogP contribution in [0.2, 0.25) is 5.02 Å². The number of benzene rings is 2. The number of phenolic OH excluding ortho intramolecular Hbond substituents is 1. The van der Waals surface area contributed by atoms with Crippen LogP contribution >= 0.6 is 11.6 Å². The van der Waals surface area contributed by atoms with Crippen molar-refractivity contribution in [2.45, 2.75) is 18.3 Å². The molecule has 1 aliphatic heterocycles. The van der Waals surface area contributed by atoms with E-state index in [9.17, 15) is 9.90 Å². The Labute approximate surface area is 146 Å². The second-order valence-corrected chi connectivity index (χ2v) is 6.54. The minimum absolute atomic E-state index is 0.0716. The van der Waals surface area contributed by atoms with Crippen LogP contribution in [-0.4, -0.2) is 30.8 Å². The fourth-order valence-corrected chi connectivity index (χ4v) is 3.33. The van der Waals surface area contributed by atoms with Gasteiger partial charge in [-0.1, -0.05) is 41.9 Å². The summed E-state index contributed by atoms with van der Waals surface area (Å²) in [5.74, 6) is -0.394. The van der Waals surface area contributed by atoms with Gasteiger partial charge < -0.3 is 15.2 Å². The Hall–Kier alpha value is -2.04. The number of nitrogens with one attached hydrogen (secondary N) is 1. The normalized spacial score (nSPS) is 16.5. The molecular weight excluding hydrogens is 326 g/mol. The first-order valence-electron chi connectivity index (χ1n) is 8.01.